The van der Waals surface area contributed by atoms with E-state index in [1.165, 1.54) is 12.1 Å². The van der Waals surface area contributed by atoms with Gasteiger partial charge < -0.3 is 9.84 Å². The molecule has 0 amide bonds. The van der Waals surface area contributed by atoms with Gasteiger partial charge in [-0.25, -0.2) is 0 Å². The first kappa shape index (κ1) is 32.4. The number of pyridine rings is 1. The summed E-state index contributed by atoms with van der Waals surface area (Å²) in [6.07, 6.45) is -7.40. The maximum atomic E-state index is 13.4. The number of esters is 1. The zero-order valence-corrected chi connectivity index (χ0v) is 23.5. The monoisotopic (exact) mass is 609 g/mol. The molecule has 0 radical (unpaired) electrons. The highest BCUT2D eigenvalue weighted by Crippen LogP contribution is 2.51. The molecule has 0 bridgehead atoms. The van der Waals surface area contributed by atoms with Crippen molar-refractivity contribution in [2.75, 3.05) is 32.8 Å². The molecule has 1 aliphatic heterocycles. The zero-order valence-electron chi connectivity index (χ0n) is 23.5. The van der Waals surface area contributed by atoms with Gasteiger partial charge in [0.1, 0.15) is 6.61 Å². The van der Waals surface area contributed by atoms with E-state index in [0.29, 0.717) is 37.3 Å². The van der Waals surface area contributed by atoms with E-state index in [4.69, 9.17) is 9.84 Å². The third-order valence-corrected chi connectivity index (χ3v) is 7.87. The lowest BCUT2D eigenvalue weighted by atomic mass is 9.80. The van der Waals surface area contributed by atoms with Gasteiger partial charge in [-0.15, -0.1) is 0 Å². The second-order valence-corrected chi connectivity index (χ2v) is 10.8. The minimum Gasteiger partial charge on any atom is -0.463 e. The second kappa shape index (κ2) is 13.4. The van der Waals surface area contributed by atoms with E-state index in [0.717, 1.165) is 29.8 Å². The summed E-state index contributed by atoms with van der Waals surface area (Å²) in [5, 5.41) is 8.99. The number of benzene rings is 2. The van der Waals surface area contributed by atoms with E-state index in [1.54, 1.807) is 24.5 Å². The molecule has 1 saturated heterocycles. The maximum Gasteiger partial charge on any atom is 0.406 e. The predicted molar refractivity (Wildman–Crippen MR) is 148 cm³/mol. The molecule has 1 atom stereocenters. The van der Waals surface area contributed by atoms with E-state index in [9.17, 15) is 31.1 Å². The predicted octanol–water partition coefficient (Wildman–Crippen LogP) is 5.74. The van der Waals surface area contributed by atoms with Crippen molar-refractivity contribution in [1.82, 2.24) is 14.8 Å². The molecular formula is C31H33F6N3O3. The zero-order chi connectivity index (χ0) is 31.3. The molecular weight excluding hydrogens is 576 g/mol. The number of alkyl halides is 6. The molecule has 0 saturated carbocycles. The maximum absolute atomic E-state index is 13.4. The lowest BCUT2D eigenvalue weighted by molar-refractivity contribution is -0.297. The number of piperazine rings is 1. The third kappa shape index (κ3) is 7.73. The van der Waals surface area contributed by atoms with Crippen LogP contribution in [0.3, 0.4) is 0 Å². The molecule has 12 heteroatoms. The fourth-order valence-corrected chi connectivity index (χ4v) is 5.18. The molecule has 232 valence electrons. The Hall–Kier alpha value is -3.48. The van der Waals surface area contributed by atoms with Gasteiger partial charge in [0.25, 0.3) is 0 Å². The molecule has 1 N–H and O–H groups in total. The number of hydrogen-bond acceptors (Lipinski definition) is 6. The molecule has 2 aromatic carbocycles. The molecule has 0 spiro atoms. The van der Waals surface area contributed by atoms with Crippen LogP contribution in [0.4, 0.5) is 26.3 Å². The average molecular weight is 610 g/mol. The van der Waals surface area contributed by atoms with Gasteiger partial charge in [-0.3, -0.25) is 19.6 Å². The van der Waals surface area contributed by atoms with Crippen molar-refractivity contribution in [3.05, 3.63) is 89.7 Å². The molecule has 43 heavy (non-hydrogen) atoms. The van der Waals surface area contributed by atoms with Gasteiger partial charge in [0.2, 0.25) is 0 Å². The van der Waals surface area contributed by atoms with E-state index >= 15 is 0 Å². The van der Waals surface area contributed by atoms with E-state index < -0.39 is 23.3 Å². The first-order chi connectivity index (χ1) is 20.3. The average Bonchev–Trinajstić information content (AvgIpc) is 2.97. The van der Waals surface area contributed by atoms with Crippen LogP contribution in [0.25, 0.3) is 11.1 Å². The van der Waals surface area contributed by atoms with Gasteiger partial charge in [0, 0.05) is 51.2 Å². The summed E-state index contributed by atoms with van der Waals surface area (Å²) in [6, 6.07) is 15.3. The van der Waals surface area contributed by atoms with Crippen LogP contribution in [0.15, 0.2) is 73.1 Å². The number of aliphatic hydroxyl groups is 1. The Balaban J connectivity index is 1.43. The minimum atomic E-state index is -5.50. The lowest BCUT2D eigenvalue weighted by Gasteiger charge is -2.41. The largest absolute Gasteiger partial charge is 0.463 e. The Morgan fingerprint density at radius 2 is 1.42 bits per heavy atom. The topological polar surface area (TPSA) is 65.9 Å². The molecule has 4 rings (SSSR count). The van der Waals surface area contributed by atoms with Crippen LogP contribution in [0.1, 0.15) is 30.0 Å². The summed E-state index contributed by atoms with van der Waals surface area (Å²) in [5.41, 5.74) is -1.66. The summed E-state index contributed by atoms with van der Waals surface area (Å²) in [4.78, 5) is 20.9. The van der Waals surface area contributed by atoms with Crippen molar-refractivity contribution in [2.24, 2.45) is 0 Å². The van der Waals surface area contributed by atoms with E-state index in [2.05, 4.69) is 14.8 Å². The molecule has 1 aromatic heterocycles. The first-order valence-corrected chi connectivity index (χ1v) is 13.8. The number of carbonyl (C=O) groups excluding carboxylic acids is 1. The highest BCUT2D eigenvalue weighted by atomic mass is 19.4. The summed E-state index contributed by atoms with van der Waals surface area (Å²) >= 11 is 0. The van der Waals surface area contributed by atoms with Crippen LogP contribution in [-0.4, -0.2) is 77.1 Å². The molecule has 0 aliphatic carbocycles. The second-order valence-electron chi connectivity index (χ2n) is 10.8. The van der Waals surface area contributed by atoms with Gasteiger partial charge in [-0.1, -0.05) is 48.5 Å². The van der Waals surface area contributed by atoms with Crippen LogP contribution in [0.2, 0.25) is 0 Å². The van der Waals surface area contributed by atoms with Crippen molar-refractivity contribution < 1.29 is 41.0 Å². The number of aromatic nitrogens is 1. The molecule has 1 aliphatic rings. The number of carbonyl (C=O) groups is 1. The van der Waals surface area contributed by atoms with Crippen LogP contribution in [0.5, 0.6) is 0 Å². The lowest BCUT2D eigenvalue weighted by Crippen LogP contribution is -2.53. The highest BCUT2D eigenvalue weighted by molar-refractivity contribution is 5.70. The van der Waals surface area contributed by atoms with Crippen LogP contribution >= 0.6 is 0 Å². The smallest absolute Gasteiger partial charge is 0.406 e. The molecule has 2 heterocycles. The van der Waals surface area contributed by atoms with Gasteiger partial charge in [-0.05, 0) is 46.9 Å². The standard InChI is InChI=1S/C31H33F6N3O3/c1-29(30(32,33)34,31(35,36)37)26-8-6-25(7-9-26)24-4-2-22(3-5-24)19-39-14-15-40(20-23-10-12-38-13-11-23)27(21-39)18-28(42)43-17-16-41/h2-13,27,41H,14-21H2,1H3/t27-/m1/s1. The Morgan fingerprint density at radius 3 is 1.98 bits per heavy atom. The number of rotatable bonds is 10. The van der Waals surface area contributed by atoms with Gasteiger partial charge in [-0.2, -0.15) is 26.3 Å². The number of halogens is 6. The Morgan fingerprint density at radius 1 is 0.860 bits per heavy atom. The van der Waals surface area contributed by atoms with Crippen molar-refractivity contribution in [1.29, 1.82) is 0 Å². The van der Waals surface area contributed by atoms with Gasteiger partial charge >= 0.3 is 18.3 Å². The Bertz CT molecular complexity index is 1320. The summed E-state index contributed by atoms with van der Waals surface area (Å²) in [5.74, 6) is -0.387. The molecule has 6 nitrogen and oxygen atoms in total. The SMILES string of the molecule is CC(c1ccc(-c2ccc(CN3CCN(Cc4ccncc4)[C@H](CC(=O)OCCO)C3)cc2)cc1)(C(F)(F)F)C(F)(F)F. The highest BCUT2D eigenvalue weighted by Gasteiger charge is 2.68. The first-order valence-electron chi connectivity index (χ1n) is 13.8. The number of aliphatic hydroxyl groups excluding tert-OH is 1. The van der Waals surface area contributed by atoms with Crippen LogP contribution < -0.4 is 0 Å². The summed E-state index contributed by atoms with van der Waals surface area (Å²) in [6.45, 7) is 3.13. The normalized spacial score (nSPS) is 17.2. The fraction of sp³-hybridized carbons (Fsp3) is 0.419. The quantitative estimate of drug-likeness (QED) is 0.234. The van der Waals surface area contributed by atoms with E-state index in [1.807, 2.05) is 24.3 Å². The van der Waals surface area contributed by atoms with Gasteiger partial charge in [0.05, 0.1) is 13.0 Å². The Labute approximate surface area is 245 Å². The number of hydrogen-bond donors (Lipinski definition) is 1. The number of ether oxygens (including phenoxy) is 1. The van der Waals surface area contributed by atoms with Crippen molar-refractivity contribution in [3.63, 3.8) is 0 Å². The van der Waals surface area contributed by atoms with Gasteiger partial charge in [0.15, 0.2) is 5.41 Å². The Kier molecular flexibility index (Phi) is 10.1. The number of nitrogens with zero attached hydrogens (tertiary/aromatic N) is 3. The van der Waals surface area contributed by atoms with E-state index in [-0.39, 0.29) is 38.6 Å². The van der Waals surface area contributed by atoms with Crippen LogP contribution in [-0.2, 0) is 28.0 Å². The molecule has 0 unspecified atom stereocenters. The molecule has 1 fully saturated rings. The van der Waals surface area contributed by atoms with Crippen molar-refractivity contribution in [3.8, 4) is 11.1 Å². The third-order valence-electron chi connectivity index (χ3n) is 7.87. The van der Waals surface area contributed by atoms with Crippen molar-refractivity contribution in [2.45, 2.75) is 50.2 Å². The van der Waals surface area contributed by atoms with Crippen molar-refractivity contribution >= 4 is 5.97 Å². The molecule has 3 aromatic rings. The summed E-state index contributed by atoms with van der Waals surface area (Å²) < 4.78 is 85.7. The fourth-order valence-electron chi connectivity index (χ4n) is 5.18. The van der Waals surface area contributed by atoms with Crippen LogP contribution in [0, 0.1) is 0 Å². The minimum absolute atomic E-state index is 0.0569. The summed E-state index contributed by atoms with van der Waals surface area (Å²) in [7, 11) is 0.